The number of methoxy groups -OCH3 is 1. The number of carbonyl (C=O) groups is 2. The summed E-state index contributed by atoms with van der Waals surface area (Å²) in [5.41, 5.74) is 3.63. The fourth-order valence-corrected chi connectivity index (χ4v) is 3.84. The van der Waals surface area contributed by atoms with Crippen LogP contribution in [0, 0.1) is 0 Å². The molecule has 0 saturated heterocycles. The summed E-state index contributed by atoms with van der Waals surface area (Å²) in [6.07, 6.45) is 3.50. The van der Waals surface area contributed by atoms with Gasteiger partial charge in [-0.25, -0.2) is 0 Å². The Morgan fingerprint density at radius 3 is 2.33 bits per heavy atom. The molecule has 1 aromatic heterocycles. The minimum Gasteiger partial charge on any atom is -0.495 e. The highest BCUT2D eigenvalue weighted by atomic mass is 16.5. The summed E-state index contributed by atoms with van der Waals surface area (Å²) >= 11 is 0. The second-order valence-corrected chi connectivity index (χ2v) is 8.90. The lowest BCUT2D eigenvalue weighted by Gasteiger charge is -2.21. The predicted octanol–water partition coefficient (Wildman–Crippen LogP) is 6.03. The van der Waals surface area contributed by atoms with Crippen molar-refractivity contribution in [2.24, 2.45) is 0 Å². The van der Waals surface area contributed by atoms with E-state index in [4.69, 9.17) is 4.74 Å². The molecule has 0 unspecified atom stereocenters. The van der Waals surface area contributed by atoms with Gasteiger partial charge in [0.05, 0.1) is 12.8 Å². The van der Waals surface area contributed by atoms with Gasteiger partial charge in [-0.2, -0.15) is 0 Å². The number of ketones is 1. The van der Waals surface area contributed by atoms with Crippen LogP contribution >= 0.6 is 0 Å². The summed E-state index contributed by atoms with van der Waals surface area (Å²) in [7, 11) is 1.54. The zero-order valence-corrected chi connectivity index (χ0v) is 19.2. The number of ether oxygens (including phenoxy) is 1. The van der Waals surface area contributed by atoms with Gasteiger partial charge in [0.1, 0.15) is 5.75 Å². The van der Waals surface area contributed by atoms with Crippen LogP contribution in [0.1, 0.15) is 36.7 Å². The summed E-state index contributed by atoms with van der Waals surface area (Å²) in [6, 6.07) is 20.6. The minimum absolute atomic E-state index is 0.117. The predicted molar refractivity (Wildman–Crippen MR) is 132 cm³/mol. The second kappa shape index (κ2) is 8.87. The number of carbonyl (C=O) groups excluding carboxylic acids is 2. The van der Waals surface area contributed by atoms with Crippen LogP contribution in [0.25, 0.3) is 21.9 Å². The van der Waals surface area contributed by atoms with E-state index >= 15 is 0 Å². The lowest BCUT2D eigenvalue weighted by molar-refractivity contribution is -0.112. The smallest absolute Gasteiger partial charge is 0.296 e. The molecule has 0 spiro atoms. The molecule has 0 bridgehead atoms. The Morgan fingerprint density at radius 1 is 0.909 bits per heavy atom. The Morgan fingerprint density at radius 2 is 1.67 bits per heavy atom. The standard InChI is InChI=1S/C28H26N2O3/c1-28(2,3)19-11-14-25(33-4)24(16-19)30-27(32)26(31)23-13-12-20(18-8-7-15-29-17-18)21-9-5-6-10-22(21)23/h5-17H,1-4H3,(H,30,32). The lowest BCUT2D eigenvalue weighted by Crippen LogP contribution is -2.24. The number of pyridine rings is 1. The van der Waals surface area contributed by atoms with E-state index in [9.17, 15) is 9.59 Å². The van der Waals surface area contributed by atoms with Gasteiger partial charge in [-0.05, 0) is 51.6 Å². The maximum atomic E-state index is 13.2. The first-order valence-electron chi connectivity index (χ1n) is 10.8. The number of fused-ring (bicyclic) bond motifs is 1. The van der Waals surface area contributed by atoms with E-state index in [-0.39, 0.29) is 5.41 Å². The lowest BCUT2D eigenvalue weighted by atomic mass is 9.87. The summed E-state index contributed by atoms with van der Waals surface area (Å²) in [5, 5.41) is 4.36. The molecule has 5 heteroatoms. The van der Waals surface area contributed by atoms with Gasteiger partial charge < -0.3 is 10.1 Å². The summed E-state index contributed by atoms with van der Waals surface area (Å²) < 4.78 is 5.40. The fraction of sp³-hybridized carbons (Fsp3) is 0.179. The first-order chi connectivity index (χ1) is 15.8. The van der Waals surface area contributed by atoms with Crippen molar-refractivity contribution in [3.8, 4) is 16.9 Å². The van der Waals surface area contributed by atoms with E-state index < -0.39 is 11.7 Å². The zero-order valence-electron chi connectivity index (χ0n) is 19.2. The van der Waals surface area contributed by atoms with Gasteiger partial charge in [0.25, 0.3) is 11.7 Å². The SMILES string of the molecule is COc1ccc(C(C)(C)C)cc1NC(=O)C(=O)c1ccc(-c2cccnc2)c2ccccc12. The van der Waals surface area contributed by atoms with Crippen LogP contribution in [-0.4, -0.2) is 23.8 Å². The van der Waals surface area contributed by atoms with Gasteiger partial charge >= 0.3 is 0 Å². The summed E-state index contributed by atoms with van der Waals surface area (Å²) in [5.74, 6) is -0.813. The van der Waals surface area contributed by atoms with Crippen molar-refractivity contribution in [3.05, 3.63) is 90.3 Å². The molecular formula is C28H26N2O3. The van der Waals surface area contributed by atoms with Crippen molar-refractivity contribution >= 4 is 28.2 Å². The molecular weight excluding hydrogens is 412 g/mol. The highest BCUT2D eigenvalue weighted by Gasteiger charge is 2.23. The summed E-state index contributed by atoms with van der Waals surface area (Å²) in [6.45, 7) is 6.25. The van der Waals surface area contributed by atoms with E-state index in [0.717, 1.165) is 27.5 Å². The molecule has 0 fully saturated rings. The number of hydrogen-bond donors (Lipinski definition) is 1. The molecule has 166 valence electrons. The maximum absolute atomic E-state index is 13.2. The van der Waals surface area contributed by atoms with E-state index in [1.54, 1.807) is 24.5 Å². The molecule has 1 N–H and O–H groups in total. The number of nitrogens with one attached hydrogen (secondary N) is 1. The Balaban J connectivity index is 1.71. The van der Waals surface area contributed by atoms with Gasteiger partial charge in [0, 0.05) is 23.5 Å². The van der Waals surface area contributed by atoms with Crippen LogP contribution in [0.4, 0.5) is 5.69 Å². The number of Topliss-reactive ketones (excluding diaryl/α,β-unsaturated/α-hetero) is 1. The van der Waals surface area contributed by atoms with Crippen LogP contribution < -0.4 is 10.1 Å². The van der Waals surface area contributed by atoms with Crippen LogP contribution in [0.15, 0.2) is 79.1 Å². The number of amides is 1. The molecule has 33 heavy (non-hydrogen) atoms. The Bertz CT molecular complexity index is 1340. The van der Waals surface area contributed by atoms with Crippen molar-refractivity contribution in [1.29, 1.82) is 0 Å². The number of nitrogens with zero attached hydrogens (tertiary/aromatic N) is 1. The van der Waals surface area contributed by atoms with Gasteiger partial charge in [-0.1, -0.05) is 63.2 Å². The third-order valence-corrected chi connectivity index (χ3v) is 5.66. The molecule has 4 rings (SSSR count). The molecule has 0 saturated carbocycles. The Kier molecular flexibility index (Phi) is 5.97. The molecule has 1 heterocycles. The van der Waals surface area contributed by atoms with Crippen molar-refractivity contribution in [2.45, 2.75) is 26.2 Å². The van der Waals surface area contributed by atoms with Crippen LogP contribution in [0.5, 0.6) is 5.75 Å². The first-order valence-corrected chi connectivity index (χ1v) is 10.8. The molecule has 0 aliphatic heterocycles. The van der Waals surface area contributed by atoms with Gasteiger partial charge in [-0.15, -0.1) is 0 Å². The number of benzene rings is 3. The zero-order chi connectivity index (χ0) is 23.6. The quantitative estimate of drug-likeness (QED) is 0.305. The Hall–Kier alpha value is -3.99. The summed E-state index contributed by atoms with van der Waals surface area (Å²) in [4.78, 5) is 30.4. The molecule has 5 nitrogen and oxygen atoms in total. The largest absolute Gasteiger partial charge is 0.495 e. The van der Waals surface area contributed by atoms with E-state index in [1.165, 1.54) is 7.11 Å². The molecule has 0 radical (unpaired) electrons. The van der Waals surface area contributed by atoms with Crippen LogP contribution in [0.2, 0.25) is 0 Å². The molecule has 4 aromatic rings. The van der Waals surface area contributed by atoms with E-state index in [0.29, 0.717) is 17.0 Å². The normalized spacial score (nSPS) is 11.3. The third kappa shape index (κ3) is 4.48. The van der Waals surface area contributed by atoms with Crippen LogP contribution in [0.3, 0.4) is 0 Å². The van der Waals surface area contributed by atoms with Crippen LogP contribution in [-0.2, 0) is 10.2 Å². The van der Waals surface area contributed by atoms with Gasteiger partial charge in [0.2, 0.25) is 0 Å². The molecule has 1 amide bonds. The monoisotopic (exact) mass is 438 g/mol. The average molecular weight is 439 g/mol. The van der Waals surface area contributed by atoms with Crippen molar-refractivity contribution in [3.63, 3.8) is 0 Å². The van der Waals surface area contributed by atoms with Crippen molar-refractivity contribution in [1.82, 2.24) is 4.98 Å². The number of aromatic nitrogens is 1. The third-order valence-electron chi connectivity index (χ3n) is 5.66. The van der Waals surface area contributed by atoms with Gasteiger partial charge in [0.15, 0.2) is 0 Å². The van der Waals surface area contributed by atoms with Crippen molar-refractivity contribution < 1.29 is 14.3 Å². The maximum Gasteiger partial charge on any atom is 0.296 e. The highest BCUT2D eigenvalue weighted by molar-refractivity contribution is 6.48. The molecule has 0 aliphatic rings. The second-order valence-electron chi connectivity index (χ2n) is 8.90. The van der Waals surface area contributed by atoms with E-state index in [1.807, 2.05) is 54.6 Å². The number of anilines is 1. The Labute approximate surface area is 193 Å². The molecule has 0 aliphatic carbocycles. The number of hydrogen-bond acceptors (Lipinski definition) is 4. The molecule has 0 atom stereocenters. The first kappa shape index (κ1) is 22.2. The van der Waals surface area contributed by atoms with Crippen molar-refractivity contribution in [2.75, 3.05) is 12.4 Å². The average Bonchev–Trinajstić information content (AvgIpc) is 2.82. The molecule has 3 aromatic carbocycles. The van der Waals surface area contributed by atoms with Gasteiger partial charge in [-0.3, -0.25) is 14.6 Å². The van der Waals surface area contributed by atoms with E-state index in [2.05, 4.69) is 31.1 Å². The highest BCUT2D eigenvalue weighted by Crippen LogP contribution is 2.33. The fourth-order valence-electron chi connectivity index (χ4n) is 3.84. The number of rotatable bonds is 5. The topological polar surface area (TPSA) is 68.3 Å². The minimum atomic E-state index is -0.710.